The van der Waals surface area contributed by atoms with E-state index >= 15 is 0 Å². The molecule has 122 valence electrons. The molecular formula is C19H18N2O3. The van der Waals surface area contributed by atoms with Gasteiger partial charge >= 0.3 is 0 Å². The monoisotopic (exact) mass is 322 g/mol. The van der Waals surface area contributed by atoms with Crippen molar-refractivity contribution in [3.63, 3.8) is 0 Å². The maximum atomic E-state index is 5.69. The van der Waals surface area contributed by atoms with Crippen LogP contribution in [0.15, 0.2) is 51.4 Å². The van der Waals surface area contributed by atoms with Crippen LogP contribution in [0.4, 0.5) is 0 Å². The Morgan fingerprint density at radius 2 is 1.79 bits per heavy atom. The Balaban J connectivity index is 1.55. The van der Waals surface area contributed by atoms with Gasteiger partial charge in [0.05, 0.1) is 18.6 Å². The molecule has 0 radical (unpaired) electrons. The Kier molecular flexibility index (Phi) is 2.80. The maximum absolute atomic E-state index is 5.69. The third-order valence-electron chi connectivity index (χ3n) is 5.29. The first-order chi connectivity index (χ1) is 11.7. The number of aromatic nitrogens is 2. The molecule has 2 aromatic heterocycles. The van der Waals surface area contributed by atoms with Crippen molar-refractivity contribution < 1.29 is 13.7 Å². The van der Waals surface area contributed by atoms with Crippen LogP contribution in [-0.4, -0.2) is 23.4 Å². The van der Waals surface area contributed by atoms with Gasteiger partial charge in [0.1, 0.15) is 5.76 Å². The fourth-order valence-corrected chi connectivity index (χ4v) is 4.13. The summed E-state index contributed by atoms with van der Waals surface area (Å²) in [6.07, 6.45) is 1.98. The third-order valence-corrected chi connectivity index (χ3v) is 5.29. The summed E-state index contributed by atoms with van der Waals surface area (Å²) in [5, 5.41) is 4.15. The molecule has 1 spiro atoms. The summed E-state index contributed by atoms with van der Waals surface area (Å²) in [4.78, 5) is 4.68. The summed E-state index contributed by atoms with van der Waals surface area (Å²) >= 11 is 0. The molecule has 1 aliphatic carbocycles. The number of rotatable bonds is 3. The zero-order valence-electron chi connectivity index (χ0n) is 13.5. The van der Waals surface area contributed by atoms with Gasteiger partial charge in [0.25, 0.3) is 0 Å². The Hall–Kier alpha value is -2.40. The maximum Gasteiger partial charge on any atom is 0.238 e. The first-order valence-corrected chi connectivity index (χ1v) is 8.24. The van der Waals surface area contributed by atoms with Gasteiger partial charge in [0, 0.05) is 5.41 Å². The molecule has 0 amide bonds. The molecule has 5 nitrogen and oxygen atoms in total. The van der Waals surface area contributed by atoms with Crippen molar-refractivity contribution in [2.75, 3.05) is 13.2 Å². The molecule has 5 heteroatoms. The molecular weight excluding hydrogens is 304 g/mol. The van der Waals surface area contributed by atoms with E-state index in [-0.39, 0.29) is 10.8 Å². The van der Waals surface area contributed by atoms with E-state index < -0.39 is 0 Å². The molecule has 5 rings (SSSR count). The molecule has 1 saturated carbocycles. The lowest BCUT2D eigenvalue weighted by Crippen LogP contribution is -2.60. The molecule has 0 atom stereocenters. The van der Waals surface area contributed by atoms with Crippen molar-refractivity contribution >= 4 is 0 Å². The largest absolute Gasteiger partial charge is 0.458 e. The number of aryl methyl sites for hydroxylation is 1. The van der Waals surface area contributed by atoms with Crippen LogP contribution in [0, 0.1) is 12.3 Å². The molecule has 2 fully saturated rings. The Bertz CT molecular complexity index is 869. The van der Waals surface area contributed by atoms with E-state index in [4.69, 9.17) is 13.7 Å². The number of furan rings is 1. The summed E-state index contributed by atoms with van der Waals surface area (Å²) in [5.41, 5.74) is 1.30. The zero-order valence-corrected chi connectivity index (χ0v) is 13.5. The van der Waals surface area contributed by atoms with Crippen LogP contribution in [0.1, 0.15) is 30.1 Å². The highest BCUT2D eigenvalue weighted by atomic mass is 16.5. The first kappa shape index (κ1) is 14.0. The van der Waals surface area contributed by atoms with Gasteiger partial charge in [0.15, 0.2) is 5.76 Å². The minimum absolute atomic E-state index is 0.210. The summed E-state index contributed by atoms with van der Waals surface area (Å²) in [6.45, 7) is 3.57. The standard InChI is InChI=1S/C19H18N2O3/c1-13-7-8-15(23-13)16-20-17(24-21-16)19(14-5-3-2-4-6-14)9-18(10-19)11-22-12-18/h2-8H,9-12H2,1H3. The summed E-state index contributed by atoms with van der Waals surface area (Å²) in [5.74, 6) is 2.67. The second-order valence-electron chi connectivity index (χ2n) is 7.13. The second kappa shape index (κ2) is 4.80. The van der Waals surface area contributed by atoms with Crippen LogP contribution in [0.3, 0.4) is 0 Å². The number of benzene rings is 1. The smallest absolute Gasteiger partial charge is 0.238 e. The minimum Gasteiger partial charge on any atom is -0.458 e. The molecule has 1 saturated heterocycles. The topological polar surface area (TPSA) is 61.3 Å². The lowest BCUT2D eigenvalue weighted by molar-refractivity contribution is -0.185. The van der Waals surface area contributed by atoms with Crippen LogP contribution >= 0.6 is 0 Å². The van der Waals surface area contributed by atoms with E-state index in [0.29, 0.717) is 17.5 Å². The van der Waals surface area contributed by atoms with Gasteiger partial charge in [-0.1, -0.05) is 35.5 Å². The van der Waals surface area contributed by atoms with Crippen LogP contribution in [0.2, 0.25) is 0 Å². The Morgan fingerprint density at radius 1 is 1.00 bits per heavy atom. The van der Waals surface area contributed by atoms with Crippen molar-refractivity contribution in [2.45, 2.75) is 25.2 Å². The van der Waals surface area contributed by atoms with Crippen LogP contribution in [0.25, 0.3) is 11.6 Å². The van der Waals surface area contributed by atoms with E-state index in [1.807, 2.05) is 25.1 Å². The lowest BCUT2D eigenvalue weighted by atomic mass is 9.49. The summed E-state index contributed by atoms with van der Waals surface area (Å²) < 4.78 is 16.8. The number of nitrogens with zero attached hydrogens (tertiary/aromatic N) is 2. The lowest BCUT2D eigenvalue weighted by Gasteiger charge is -2.58. The normalized spacial score (nSPS) is 20.5. The average molecular weight is 322 g/mol. The zero-order chi connectivity index (χ0) is 16.2. The van der Waals surface area contributed by atoms with Crippen molar-refractivity contribution in [1.29, 1.82) is 0 Å². The molecule has 0 N–H and O–H groups in total. The van der Waals surface area contributed by atoms with E-state index in [2.05, 4.69) is 34.4 Å². The van der Waals surface area contributed by atoms with E-state index in [1.165, 1.54) is 5.56 Å². The van der Waals surface area contributed by atoms with Crippen LogP contribution in [-0.2, 0) is 10.2 Å². The van der Waals surface area contributed by atoms with Gasteiger partial charge in [-0.3, -0.25) is 0 Å². The molecule has 2 aliphatic rings. The summed E-state index contributed by atoms with van der Waals surface area (Å²) in [6, 6.07) is 14.2. The van der Waals surface area contributed by atoms with Crippen LogP contribution in [0.5, 0.6) is 0 Å². The summed E-state index contributed by atoms with van der Waals surface area (Å²) in [7, 11) is 0. The molecule has 3 heterocycles. The number of hydrogen-bond donors (Lipinski definition) is 0. The Labute approximate surface area is 139 Å². The molecule has 1 aliphatic heterocycles. The number of hydrogen-bond acceptors (Lipinski definition) is 5. The van der Waals surface area contributed by atoms with E-state index in [1.54, 1.807) is 0 Å². The van der Waals surface area contributed by atoms with Crippen molar-refractivity contribution in [2.24, 2.45) is 5.41 Å². The number of ether oxygens (including phenoxy) is 1. The highest BCUT2D eigenvalue weighted by Crippen LogP contribution is 2.61. The van der Waals surface area contributed by atoms with E-state index in [9.17, 15) is 0 Å². The van der Waals surface area contributed by atoms with Crippen molar-refractivity contribution in [3.8, 4) is 11.6 Å². The molecule has 3 aromatic rings. The Morgan fingerprint density at radius 3 is 2.42 bits per heavy atom. The highest BCUT2D eigenvalue weighted by Gasteiger charge is 2.62. The second-order valence-corrected chi connectivity index (χ2v) is 7.13. The SMILES string of the molecule is Cc1ccc(-c2noc(C3(c4ccccc4)CC4(COC4)C3)n2)o1. The van der Waals surface area contributed by atoms with Crippen LogP contribution < -0.4 is 0 Å². The third kappa shape index (κ3) is 1.91. The van der Waals surface area contributed by atoms with Gasteiger partial charge in [-0.15, -0.1) is 0 Å². The fourth-order valence-electron chi connectivity index (χ4n) is 4.13. The quantitative estimate of drug-likeness (QED) is 0.735. The van der Waals surface area contributed by atoms with Gasteiger partial charge in [-0.2, -0.15) is 4.98 Å². The van der Waals surface area contributed by atoms with E-state index in [0.717, 1.165) is 31.8 Å². The van der Waals surface area contributed by atoms with Gasteiger partial charge in [0.2, 0.25) is 11.7 Å². The molecule has 0 unspecified atom stereocenters. The minimum atomic E-state index is -0.210. The average Bonchev–Trinajstić information content (AvgIpc) is 3.15. The molecule has 1 aromatic carbocycles. The predicted molar refractivity (Wildman–Crippen MR) is 86.4 cm³/mol. The fraction of sp³-hybridized carbons (Fsp3) is 0.368. The molecule has 24 heavy (non-hydrogen) atoms. The van der Waals surface area contributed by atoms with Gasteiger partial charge in [-0.25, -0.2) is 0 Å². The van der Waals surface area contributed by atoms with Crippen molar-refractivity contribution in [3.05, 3.63) is 59.7 Å². The molecule has 0 bridgehead atoms. The van der Waals surface area contributed by atoms with Gasteiger partial charge < -0.3 is 13.7 Å². The predicted octanol–water partition coefficient (Wildman–Crippen LogP) is 3.73. The first-order valence-electron chi connectivity index (χ1n) is 8.24. The van der Waals surface area contributed by atoms with Gasteiger partial charge in [-0.05, 0) is 37.5 Å². The van der Waals surface area contributed by atoms with Crippen molar-refractivity contribution in [1.82, 2.24) is 10.1 Å². The highest BCUT2D eigenvalue weighted by molar-refractivity contribution is 5.47.